The van der Waals surface area contributed by atoms with E-state index in [1.54, 1.807) is 17.0 Å². The number of carbonyl (C=O) groups excluding carboxylic acids is 1. The maximum atomic E-state index is 12.4. The van der Waals surface area contributed by atoms with E-state index in [1.807, 2.05) is 24.3 Å². The molecule has 0 atom stereocenters. The van der Waals surface area contributed by atoms with Crippen LogP contribution in [-0.4, -0.2) is 19.0 Å². The summed E-state index contributed by atoms with van der Waals surface area (Å²) < 4.78 is 5.19. The van der Waals surface area contributed by atoms with E-state index in [9.17, 15) is 4.79 Å². The third-order valence-corrected chi connectivity index (χ3v) is 3.09. The maximum absolute atomic E-state index is 12.4. The number of nitrogens with one attached hydrogen (secondary N) is 1. The fraction of sp³-hybridized carbons (Fsp3) is 0.214. The monoisotopic (exact) mass is 242 g/mol. The highest BCUT2D eigenvalue weighted by Crippen LogP contribution is 2.23. The van der Waals surface area contributed by atoms with Crippen LogP contribution in [0.25, 0.3) is 0 Å². The van der Waals surface area contributed by atoms with Gasteiger partial charge < -0.3 is 14.6 Å². The average molecular weight is 242 g/mol. The van der Waals surface area contributed by atoms with Crippen molar-refractivity contribution in [2.75, 3.05) is 18.0 Å². The number of benzene rings is 1. The van der Waals surface area contributed by atoms with Gasteiger partial charge in [-0.2, -0.15) is 0 Å². The summed E-state index contributed by atoms with van der Waals surface area (Å²) in [7, 11) is 0. The SMILES string of the molecule is O=C(c1ccco1)N1CCNCc2ccccc21. The van der Waals surface area contributed by atoms with E-state index in [1.165, 1.54) is 6.26 Å². The van der Waals surface area contributed by atoms with Crippen molar-refractivity contribution in [2.24, 2.45) is 0 Å². The molecular weight excluding hydrogens is 228 g/mol. The van der Waals surface area contributed by atoms with Crippen LogP contribution >= 0.6 is 0 Å². The molecule has 92 valence electrons. The highest BCUT2D eigenvalue weighted by molar-refractivity contribution is 6.04. The normalized spacial score (nSPS) is 15.0. The second-order valence-corrected chi connectivity index (χ2v) is 4.24. The first-order chi connectivity index (χ1) is 8.86. The number of amides is 1. The number of carbonyl (C=O) groups is 1. The zero-order chi connectivity index (χ0) is 12.4. The van der Waals surface area contributed by atoms with Crippen molar-refractivity contribution in [3.05, 3.63) is 54.0 Å². The lowest BCUT2D eigenvalue weighted by atomic mass is 10.1. The lowest BCUT2D eigenvalue weighted by molar-refractivity contribution is 0.0961. The van der Waals surface area contributed by atoms with Gasteiger partial charge in [0.15, 0.2) is 5.76 Å². The lowest BCUT2D eigenvalue weighted by Gasteiger charge is -2.21. The van der Waals surface area contributed by atoms with Gasteiger partial charge in [-0.25, -0.2) is 0 Å². The van der Waals surface area contributed by atoms with Gasteiger partial charge in [-0.1, -0.05) is 18.2 Å². The second-order valence-electron chi connectivity index (χ2n) is 4.24. The summed E-state index contributed by atoms with van der Waals surface area (Å²) in [6.07, 6.45) is 1.52. The molecule has 0 spiro atoms. The van der Waals surface area contributed by atoms with Crippen molar-refractivity contribution < 1.29 is 9.21 Å². The predicted octanol–water partition coefficient (Wildman–Crippen LogP) is 2.03. The topological polar surface area (TPSA) is 45.5 Å². The quantitative estimate of drug-likeness (QED) is 0.832. The smallest absolute Gasteiger partial charge is 0.294 e. The minimum Gasteiger partial charge on any atom is -0.459 e. The highest BCUT2D eigenvalue weighted by atomic mass is 16.3. The van der Waals surface area contributed by atoms with E-state index in [2.05, 4.69) is 5.32 Å². The molecule has 3 rings (SSSR count). The molecule has 1 aliphatic rings. The van der Waals surface area contributed by atoms with Crippen LogP contribution in [0.3, 0.4) is 0 Å². The van der Waals surface area contributed by atoms with Crippen LogP contribution in [0.5, 0.6) is 0 Å². The van der Waals surface area contributed by atoms with Crippen molar-refractivity contribution in [2.45, 2.75) is 6.54 Å². The van der Waals surface area contributed by atoms with Crippen LogP contribution in [-0.2, 0) is 6.54 Å². The Balaban J connectivity index is 1.99. The van der Waals surface area contributed by atoms with Crippen LogP contribution in [0.1, 0.15) is 16.1 Å². The Labute approximate surface area is 105 Å². The number of para-hydroxylation sites is 1. The molecule has 0 radical (unpaired) electrons. The van der Waals surface area contributed by atoms with Gasteiger partial charge in [0.25, 0.3) is 5.91 Å². The zero-order valence-corrected chi connectivity index (χ0v) is 9.93. The summed E-state index contributed by atoms with van der Waals surface area (Å²) >= 11 is 0. The number of hydrogen-bond donors (Lipinski definition) is 1. The minimum atomic E-state index is -0.0869. The summed E-state index contributed by atoms with van der Waals surface area (Å²) in [5.74, 6) is 0.294. The molecule has 0 bridgehead atoms. The van der Waals surface area contributed by atoms with Crippen molar-refractivity contribution >= 4 is 11.6 Å². The number of furan rings is 1. The number of hydrogen-bond acceptors (Lipinski definition) is 3. The van der Waals surface area contributed by atoms with Crippen LogP contribution in [0.15, 0.2) is 47.1 Å². The molecule has 2 heterocycles. The van der Waals surface area contributed by atoms with E-state index in [0.29, 0.717) is 12.3 Å². The van der Waals surface area contributed by atoms with Gasteiger partial charge in [-0.3, -0.25) is 4.79 Å². The number of fused-ring (bicyclic) bond motifs is 1. The van der Waals surface area contributed by atoms with Crippen LogP contribution < -0.4 is 10.2 Å². The van der Waals surface area contributed by atoms with Crippen molar-refractivity contribution in [3.63, 3.8) is 0 Å². The van der Waals surface area contributed by atoms with Gasteiger partial charge >= 0.3 is 0 Å². The Morgan fingerprint density at radius 1 is 1.22 bits per heavy atom. The van der Waals surface area contributed by atoms with E-state index in [4.69, 9.17) is 4.42 Å². The fourth-order valence-corrected chi connectivity index (χ4v) is 2.20. The van der Waals surface area contributed by atoms with Gasteiger partial charge in [-0.15, -0.1) is 0 Å². The Morgan fingerprint density at radius 2 is 2.11 bits per heavy atom. The zero-order valence-electron chi connectivity index (χ0n) is 9.93. The lowest BCUT2D eigenvalue weighted by Crippen LogP contribution is -2.34. The average Bonchev–Trinajstić information content (AvgIpc) is 2.85. The molecule has 4 nitrogen and oxygen atoms in total. The first-order valence-corrected chi connectivity index (χ1v) is 6.00. The van der Waals surface area contributed by atoms with Gasteiger partial charge in [-0.05, 0) is 23.8 Å². The molecule has 2 aromatic rings. The van der Waals surface area contributed by atoms with E-state index in [0.717, 1.165) is 24.3 Å². The van der Waals surface area contributed by atoms with Crippen LogP contribution in [0.4, 0.5) is 5.69 Å². The molecular formula is C14H14N2O2. The summed E-state index contributed by atoms with van der Waals surface area (Å²) in [5.41, 5.74) is 2.10. The molecule has 1 aromatic carbocycles. The largest absolute Gasteiger partial charge is 0.459 e. The maximum Gasteiger partial charge on any atom is 0.294 e. The Morgan fingerprint density at radius 3 is 2.94 bits per heavy atom. The molecule has 4 heteroatoms. The van der Waals surface area contributed by atoms with Gasteiger partial charge in [0.1, 0.15) is 0 Å². The van der Waals surface area contributed by atoms with E-state index in [-0.39, 0.29) is 5.91 Å². The summed E-state index contributed by atoms with van der Waals surface area (Å²) in [6.45, 7) is 2.22. The summed E-state index contributed by atoms with van der Waals surface area (Å²) in [5, 5.41) is 3.31. The molecule has 0 aliphatic carbocycles. The molecule has 1 aliphatic heterocycles. The summed E-state index contributed by atoms with van der Waals surface area (Å²) in [6, 6.07) is 11.4. The van der Waals surface area contributed by atoms with E-state index >= 15 is 0 Å². The molecule has 0 saturated carbocycles. The van der Waals surface area contributed by atoms with Crippen LogP contribution in [0, 0.1) is 0 Å². The molecule has 1 N–H and O–H groups in total. The first kappa shape index (κ1) is 11.0. The van der Waals surface area contributed by atoms with Crippen molar-refractivity contribution in [1.29, 1.82) is 0 Å². The molecule has 1 aromatic heterocycles. The third-order valence-electron chi connectivity index (χ3n) is 3.09. The van der Waals surface area contributed by atoms with Gasteiger partial charge in [0, 0.05) is 25.3 Å². The number of nitrogens with zero attached hydrogens (tertiary/aromatic N) is 1. The third kappa shape index (κ3) is 1.91. The Bertz CT molecular complexity index is 549. The van der Waals surface area contributed by atoms with Crippen molar-refractivity contribution in [3.8, 4) is 0 Å². The highest BCUT2D eigenvalue weighted by Gasteiger charge is 2.23. The molecule has 18 heavy (non-hydrogen) atoms. The first-order valence-electron chi connectivity index (χ1n) is 6.00. The fourth-order valence-electron chi connectivity index (χ4n) is 2.20. The minimum absolute atomic E-state index is 0.0869. The van der Waals surface area contributed by atoms with Gasteiger partial charge in [0.05, 0.1) is 6.26 Å². The molecule has 0 unspecified atom stereocenters. The van der Waals surface area contributed by atoms with E-state index < -0.39 is 0 Å². The molecule has 1 amide bonds. The molecule has 0 saturated heterocycles. The molecule has 0 fully saturated rings. The number of anilines is 1. The van der Waals surface area contributed by atoms with Crippen molar-refractivity contribution in [1.82, 2.24) is 5.32 Å². The second kappa shape index (κ2) is 4.66. The standard InChI is InChI=1S/C14H14N2O2/c17-14(13-6-3-9-18-13)16-8-7-15-10-11-4-1-2-5-12(11)16/h1-6,9,15H,7-8,10H2. The Hall–Kier alpha value is -2.07. The predicted molar refractivity (Wildman–Crippen MR) is 68.5 cm³/mol. The Kier molecular flexibility index (Phi) is 2.86. The summed E-state index contributed by atoms with van der Waals surface area (Å²) in [4.78, 5) is 14.2. The van der Waals surface area contributed by atoms with Crippen LogP contribution in [0.2, 0.25) is 0 Å². The van der Waals surface area contributed by atoms with Gasteiger partial charge in [0.2, 0.25) is 0 Å². The number of rotatable bonds is 1.